The van der Waals surface area contributed by atoms with Crippen LogP contribution in [0.1, 0.15) is 10.4 Å². The summed E-state index contributed by atoms with van der Waals surface area (Å²) in [5, 5.41) is 11.7. The normalized spacial score (nSPS) is 10.7. The number of nitro benzene ring substituents is 1. The molecule has 0 aliphatic carbocycles. The topological polar surface area (TPSA) is 65.1 Å². The zero-order valence-corrected chi connectivity index (χ0v) is 11.4. The molecule has 0 radical (unpaired) electrons. The molecule has 0 aliphatic rings. The van der Waals surface area contributed by atoms with Crippen LogP contribution < -0.4 is 0 Å². The van der Waals surface area contributed by atoms with Gasteiger partial charge in [-0.25, -0.2) is 0 Å². The summed E-state index contributed by atoms with van der Waals surface area (Å²) in [6, 6.07) is 13.1. The molecule has 1 heterocycles. The third-order valence-electron chi connectivity index (χ3n) is 3.21. The van der Waals surface area contributed by atoms with E-state index in [1.165, 1.54) is 22.8 Å². The van der Waals surface area contributed by atoms with Gasteiger partial charge in [0.15, 0.2) is 0 Å². The van der Waals surface area contributed by atoms with Gasteiger partial charge in [-0.15, -0.1) is 0 Å². The summed E-state index contributed by atoms with van der Waals surface area (Å²) in [5.74, 6) is -0.323. The first-order valence-corrected chi connectivity index (χ1v) is 6.50. The zero-order valence-electron chi connectivity index (χ0n) is 10.7. The summed E-state index contributed by atoms with van der Waals surface area (Å²) in [7, 11) is 0. The molecule has 3 aromatic rings. The molecular formula is C15H9ClN2O3. The summed E-state index contributed by atoms with van der Waals surface area (Å²) in [6.07, 6.45) is 1.66. The van der Waals surface area contributed by atoms with Gasteiger partial charge < -0.3 is 0 Å². The molecule has 0 amide bonds. The highest BCUT2D eigenvalue weighted by molar-refractivity contribution is 6.34. The highest BCUT2D eigenvalue weighted by Crippen LogP contribution is 2.25. The number of para-hydroxylation sites is 1. The number of nitrogens with zero attached hydrogens (tertiary/aromatic N) is 2. The Morgan fingerprint density at radius 2 is 1.90 bits per heavy atom. The summed E-state index contributed by atoms with van der Waals surface area (Å²) >= 11 is 6.00. The predicted molar refractivity (Wildman–Crippen MR) is 79.8 cm³/mol. The summed E-state index contributed by atoms with van der Waals surface area (Å²) in [5.41, 5.74) is 0.842. The second kappa shape index (κ2) is 5.03. The Morgan fingerprint density at radius 3 is 2.62 bits per heavy atom. The molecule has 0 unspecified atom stereocenters. The number of aromatic nitrogens is 1. The lowest BCUT2D eigenvalue weighted by Crippen LogP contribution is -2.11. The maximum atomic E-state index is 12.5. The average Bonchev–Trinajstić information content (AvgIpc) is 2.90. The summed E-state index contributed by atoms with van der Waals surface area (Å²) < 4.78 is 1.47. The molecule has 2 aromatic carbocycles. The van der Waals surface area contributed by atoms with Gasteiger partial charge in [-0.1, -0.05) is 29.8 Å². The van der Waals surface area contributed by atoms with Crippen LogP contribution in [0.5, 0.6) is 0 Å². The Kier molecular flexibility index (Phi) is 3.19. The second-order valence-electron chi connectivity index (χ2n) is 4.47. The fraction of sp³-hybridized carbons (Fsp3) is 0. The SMILES string of the molecule is O=C(c1ccc([N+](=O)[O-])cc1Cl)n1ccc2ccccc21. The molecule has 0 atom stereocenters. The quantitative estimate of drug-likeness (QED) is 0.532. The molecule has 104 valence electrons. The van der Waals surface area contributed by atoms with Crippen LogP contribution in [0.25, 0.3) is 10.9 Å². The van der Waals surface area contributed by atoms with Crippen molar-refractivity contribution in [2.24, 2.45) is 0 Å². The minimum Gasteiger partial charge on any atom is -0.283 e. The third kappa shape index (κ3) is 2.28. The number of benzene rings is 2. The maximum Gasteiger partial charge on any atom is 0.270 e. The molecule has 0 saturated carbocycles. The van der Waals surface area contributed by atoms with Gasteiger partial charge in [0, 0.05) is 23.7 Å². The van der Waals surface area contributed by atoms with Crippen molar-refractivity contribution in [3.63, 3.8) is 0 Å². The van der Waals surface area contributed by atoms with E-state index in [-0.39, 0.29) is 22.2 Å². The Bertz CT molecular complexity index is 870. The lowest BCUT2D eigenvalue weighted by atomic mass is 10.2. The molecule has 0 fully saturated rings. The van der Waals surface area contributed by atoms with E-state index in [2.05, 4.69) is 0 Å². The van der Waals surface area contributed by atoms with Crippen molar-refractivity contribution in [2.75, 3.05) is 0 Å². The van der Waals surface area contributed by atoms with Crippen molar-refractivity contribution in [3.05, 3.63) is 75.4 Å². The molecule has 0 spiro atoms. The van der Waals surface area contributed by atoms with E-state index in [9.17, 15) is 14.9 Å². The first kappa shape index (κ1) is 13.3. The molecule has 3 rings (SSSR count). The molecule has 0 bridgehead atoms. The second-order valence-corrected chi connectivity index (χ2v) is 4.88. The Labute approximate surface area is 124 Å². The van der Waals surface area contributed by atoms with Crippen LogP contribution in [-0.4, -0.2) is 15.4 Å². The summed E-state index contributed by atoms with van der Waals surface area (Å²) in [6.45, 7) is 0. The van der Waals surface area contributed by atoms with E-state index < -0.39 is 4.92 Å². The highest BCUT2D eigenvalue weighted by atomic mass is 35.5. The van der Waals surface area contributed by atoms with E-state index in [4.69, 9.17) is 11.6 Å². The van der Waals surface area contributed by atoms with Crippen LogP contribution >= 0.6 is 11.6 Å². The molecule has 6 heteroatoms. The molecule has 0 saturated heterocycles. The Hall–Kier alpha value is -2.66. The number of halogens is 1. The maximum absolute atomic E-state index is 12.5. The van der Waals surface area contributed by atoms with E-state index in [0.29, 0.717) is 0 Å². The van der Waals surface area contributed by atoms with Crippen molar-refractivity contribution < 1.29 is 9.72 Å². The molecule has 0 N–H and O–H groups in total. The Balaban J connectivity index is 2.08. The van der Waals surface area contributed by atoms with Crippen molar-refractivity contribution in [1.82, 2.24) is 4.57 Å². The number of carbonyl (C=O) groups is 1. The van der Waals surface area contributed by atoms with E-state index in [0.717, 1.165) is 10.9 Å². The van der Waals surface area contributed by atoms with Crippen LogP contribution in [0.2, 0.25) is 5.02 Å². The van der Waals surface area contributed by atoms with Crippen molar-refractivity contribution >= 4 is 34.1 Å². The summed E-state index contributed by atoms with van der Waals surface area (Å²) in [4.78, 5) is 22.7. The van der Waals surface area contributed by atoms with Crippen LogP contribution in [0, 0.1) is 10.1 Å². The van der Waals surface area contributed by atoms with Crippen LogP contribution in [-0.2, 0) is 0 Å². The van der Waals surface area contributed by atoms with Gasteiger partial charge in [0.25, 0.3) is 11.6 Å². The average molecular weight is 301 g/mol. The van der Waals surface area contributed by atoms with Gasteiger partial charge >= 0.3 is 0 Å². The van der Waals surface area contributed by atoms with Gasteiger partial charge in [-0.05, 0) is 18.2 Å². The largest absolute Gasteiger partial charge is 0.283 e. The lowest BCUT2D eigenvalue weighted by molar-refractivity contribution is -0.384. The van der Waals surface area contributed by atoms with Gasteiger partial charge in [0.1, 0.15) is 0 Å². The highest BCUT2D eigenvalue weighted by Gasteiger charge is 2.17. The number of fused-ring (bicyclic) bond motifs is 1. The smallest absolute Gasteiger partial charge is 0.270 e. The number of nitro groups is 1. The van der Waals surface area contributed by atoms with Gasteiger partial charge in [-0.3, -0.25) is 19.5 Å². The standard InChI is InChI=1S/C15H9ClN2O3/c16-13-9-11(18(20)21)5-6-12(13)15(19)17-8-7-10-3-1-2-4-14(10)17/h1-9H. The fourth-order valence-electron chi connectivity index (χ4n) is 2.18. The number of non-ortho nitro benzene ring substituents is 1. The van der Waals surface area contributed by atoms with Gasteiger partial charge in [0.2, 0.25) is 0 Å². The zero-order chi connectivity index (χ0) is 15.0. The minimum atomic E-state index is -0.550. The van der Waals surface area contributed by atoms with E-state index in [1.807, 2.05) is 30.3 Å². The number of rotatable bonds is 2. The van der Waals surface area contributed by atoms with Gasteiger partial charge in [-0.2, -0.15) is 0 Å². The molecule has 0 aliphatic heterocycles. The van der Waals surface area contributed by atoms with Gasteiger partial charge in [0.05, 0.1) is 21.0 Å². The lowest BCUT2D eigenvalue weighted by Gasteiger charge is -2.06. The van der Waals surface area contributed by atoms with Crippen molar-refractivity contribution in [2.45, 2.75) is 0 Å². The predicted octanol–water partition coefficient (Wildman–Crippen LogP) is 3.89. The number of hydrogen-bond donors (Lipinski definition) is 0. The Morgan fingerprint density at radius 1 is 1.14 bits per heavy atom. The first-order chi connectivity index (χ1) is 10.1. The fourth-order valence-corrected chi connectivity index (χ4v) is 2.44. The van der Waals surface area contributed by atoms with Crippen LogP contribution in [0.3, 0.4) is 0 Å². The van der Waals surface area contributed by atoms with E-state index in [1.54, 1.807) is 6.20 Å². The molecular weight excluding hydrogens is 292 g/mol. The molecule has 1 aromatic heterocycles. The van der Waals surface area contributed by atoms with Crippen LogP contribution in [0.4, 0.5) is 5.69 Å². The van der Waals surface area contributed by atoms with Crippen LogP contribution in [0.15, 0.2) is 54.7 Å². The third-order valence-corrected chi connectivity index (χ3v) is 3.52. The van der Waals surface area contributed by atoms with Crippen molar-refractivity contribution in [3.8, 4) is 0 Å². The number of hydrogen-bond acceptors (Lipinski definition) is 3. The monoisotopic (exact) mass is 300 g/mol. The minimum absolute atomic E-state index is 0.0620. The molecule has 21 heavy (non-hydrogen) atoms. The van der Waals surface area contributed by atoms with E-state index >= 15 is 0 Å². The number of carbonyl (C=O) groups excluding carboxylic acids is 1. The first-order valence-electron chi connectivity index (χ1n) is 6.12. The molecule has 5 nitrogen and oxygen atoms in total. The van der Waals surface area contributed by atoms with Crippen molar-refractivity contribution in [1.29, 1.82) is 0 Å².